The summed E-state index contributed by atoms with van der Waals surface area (Å²) in [7, 11) is 0. The summed E-state index contributed by atoms with van der Waals surface area (Å²) < 4.78 is 26.7. The molecule has 3 rings (SSSR count). The van der Waals surface area contributed by atoms with E-state index in [0.29, 0.717) is 12.4 Å². The van der Waals surface area contributed by atoms with Gasteiger partial charge in [0.05, 0.1) is 17.4 Å². The van der Waals surface area contributed by atoms with E-state index in [0.717, 1.165) is 32.0 Å². The second-order valence-corrected chi connectivity index (χ2v) is 5.26. The van der Waals surface area contributed by atoms with E-state index in [9.17, 15) is 13.6 Å². The Balaban J connectivity index is 2.10. The van der Waals surface area contributed by atoms with Gasteiger partial charge >= 0.3 is 0 Å². The van der Waals surface area contributed by atoms with Crippen LogP contribution in [0.2, 0.25) is 5.02 Å². The molecule has 1 fully saturated rings. The first-order valence-corrected chi connectivity index (χ1v) is 6.73. The summed E-state index contributed by atoms with van der Waals surface area (Å²) in [6, 6.07) is 0.821. The lowest BCUT2D eigenvalue weighted by molar-refractivity contribution is 0.322. The van der Waals surface area contributed by atoms with Crippen molar-refractivity contribution >= 4 is 22.5 Å². The molecule has 0 unspecified atom stereocenters. The molecule has 106 valence electrons. The number of aromatic amines is 1. The zero-order valence-corrected chi connectivity index (χ0v) is 11.3. The van der Waals surface area contributed by atoms with Gasteiger partial charge in [-0.25, -0.2) is 13.8 Å². The van der Waals surface area contributed by atoms with Gasteiger partial charge in [0.2, 0.25) is 0 Å². The normalized spacial score (nSPS) is 16.1. The van der Waals surface area contributed by atoms with Crippen molar-refractivity contribution in [1.29, 1.82) is 0 Å². The SMILES string of the molecule is O=c1[nH]c(CN2CCCC2)nc2c(Cl)c(F)c(F)cc12. The number of halogens is 3. The summed E-state index contributed by atoms with van der Waals surface area (Å²) in [5.41, 5.74) is -0.506. The molecular formula is C13H12ClF2N3O. The van der Waals surface area contributed by atoms with Gasteiger partial charge in [0.25, 0.3) is 5.56 Å². The van der Waals surface area contributed by atoms with Gasteiger partial charge < -0.3 is 4.98 Å². The van der Waals surface area contributed by atoms with Gasteiger partial charge in [-0.15, -0.1) is 0 Å². The molecule has 2 aromatic rings. The quantitative estimate of drug-likeness (QED) is 0.867. The van der Waals surface area contributed by atoms with Crippen LogP contribution in [0, 0.1) is 11.6 Å². The predicted molar refractivity (Wildman–Crippen MR) is 71.8 cm³/mol. The molecule has 1 N–H and O–H groups in total. The zero-order valence-electron chi connectivity index (χ0n) is 10.5. The molecule has 0 bridgehead atoms. The molecule has 2 heterocycles. The first-order chi connectivity index (χ1) is 9.56. The lowest BCUT2D eigenvalue weighted by atomic mass is 10.2. The fourth-order valence-electron chi connectivity index (χ4n) is 2.46. The van der Waals surface area contributed by atoms with Gasteiger partial charge in [0.1, 0.15) is 10.8 Å². The molecule has 7 heteroatoms. The highest BCUT2D eigenvalue weighted by atomic mass is 35.5. The minimum atomic E-state index is -1.18. The fourth-order valence-corrected chi connectivity index (χ4v) is 2.69. The summed E-state index contributed by atoms with van der Waals surface area (Å²) in [5, 5.41) is -0.493. The van der Waals surface area contributed by atoms with Gasteiger partial charge in [-0.3, -0.25) is 9.69 Å². The Morgan fingerprint density at radius 3 is 2.75 bits per heavy atom. The molecular weight excluding hydrogens is 288 g/mol. The number of hydrogen-bond acceptors (Lipinski definition) is 3. The van der Waals surface area contributed by atoms with Crippen molar-refractivity contribution in [3.05, 3.63) is 38.9 Å². The Labute approximate surface area is 118 Å². The first kappa shape index (κ1) is 13.5. The molecule has 1 aliphatic heterocycles. The second kappa shape index (κ2) is 5.10. The lowest BCUT2D eigenvalue weighted by Gasteiger charge is -2.14. The Morgan fingerprint density at radius 1 is 1.35 bits per heavy atom. The molecule has 0 radical (unpaired) electrons. The standard InChI is InChI=1S/C13H12ClF2N3O/c14-10-11(16)8(15)5-7-12(10)17-9(18-13(7)20)6-19-3-1-2-4-19/h5H,1-4,6H2,(H,17,18,20). The minimum Gasteiger partial charge on any atom is -0.309 e. The zero-order chi connectivity index (χ0) is 14.3. The number of nitrogens with one attached hydrogen (secondary N) is 1. The molecule has 1 aromatic heterocycles. The van der Waals surface area contributed by atoms with Crippen LogP contribution < -0.4 is 5.56 Å². The van der Waals surface area contributed by atoms with E-state index in [4.69, 9.17) is 11.6 Å². The average Bonchev–Trinajstić information content (AvgIpc) is 2.91. The highest BCUT2D eigenvalue weighted by Crippen LogP contribution is 2.25. The number of H-pyrrole nitrogens is 1. The van der Waals surface area contributed by atoms with Crippen LogP contribution >= 0.6 is 11.6 Å². The smallest absolute Gasteiger partial charge is 0.258 e. The lowest BCUT2D eigenvalue weighted by Crippen LogP contribution is -2.23. The number of likely N-dealkylation sites (tertiary alicyclic amines) is 1. The Hall–Kier alpha value is -1.53. The highest BCUT2D eigenvalue weighted by molar-refractivity contribution is 6.35. The van der Waals surface area contributed by atoms with Crippen molar-refractivity contribution in [2.45, 2.75) is 19.4 Å². The number of nitrogens with zero attached hydrogens (tertiary/aromatic N) is 2. The second-order valence-electron chi connectivity index (χ2n) is 4.88. The average molecular weight is 300 g/mol. The van der Waals surface area contributed by atoms with Crippen molar-refractivity contribution in [3.8, 4) is 0 Å². The van der Waals surface area contributed by atoms with Gasteiger partial charge in [-0.2, -0.15) is 0 Å². The van der Waals surface area contributed by atoms with Crippen molar-refractivity contribution in [1.82, 2.24) is 14.9 Å². The summed E-state index contributed by atoms with van der Waals surface area (Å²) in [5.74, 6) is -1.91. The van der Waals surface area contributed by atoms with Crippen LogP contribution in [-0.2, 0) is 6.54 Å². The molecule has 0 amide bonds. The number of hydrogen-bond donors (Lipinski definition) is 1. The van der Waals surface area contributed by atoms with Crippen LogP contribution in [0.5, 0.6) is 0 Å². The number of fused-ring (bicyclic) bond motifs is 1. The number of rotatable bonds is 2. The number of benzene rings is 1. The van der Waals surface area contributed by atoms with Crippen LogP contribution in [0.4, 0.5) is 8.78 Å². The third-order valence-electron chi connectivity index (χ3n) is 3.46. The van der Waals surface area contributed by atoms with Gasteiger partial charge in [-0.1, -0.05) is 11.6 Å². The van der Waals surface area contributed by atoms with Crippen molar-refractivity contribution in [3.63, 3.8) is 0 Å². The van der Waals surface area contributed by atoms with E-state index in [1.165, 1.54) is 0 Å². The molecule has 1 saturated heterocycles. The molecule has 0 spiro atoms. The van der Waals surface area contributed by atoms with Gasteiger partial charge in [-0.05, 0) is 32.0 Å². The molecule has 0 atom stereocenters. The molecule has 4 nitrogen and oxygen atoms in total. The van der Waals surface area contributed by atoms with E-state index in [1.54, 1.807) is 0 Å². The van der Waals surface area contributed by atoms with Crippen LogP contribution in [0.1, 0.15) is 18.7 Å². The minimum absolute atomic E-state index is 0.00325. The summed E-state index contributed by atoms with van der Waals surface area (Å²) in [6.45, 7) is 2.35. The van der Waals surface area contributed by atoms with Crippen molar-refractivity contribution in [2.24, 2.45) is 0 Å². The van der Waals surface area contributed by atoms with E-state index in [2.05, 4.69) is 14.9 Å². The molecule has 1 aliphatic rings. The van der Waals surface area contributed by atoms with Crippen LogP contribution in [-0.4, -0.2) is 28.0 Å². The third kappa shape index (κ3) is 2.29. The van der Waals surface area contributed by atoms with E-state index < -0.39 is 22.2 Å². The maximum absolute atomic E-state index is 13.5. The summed E-state index contributed by atoms with van der Waals surface area (Å²) >= 11 is 5.75. The van der Waals surface area contributed by atoms with Crippen molar-refractivity contribution < 1.29 is 8.78 Å². The maximum Gasteiger partial charge on any atom is 0.258 e. The maximum atomic E-state index is 13.5. The number of aromatic nitrogens is 2. The molecule has 20 heavy (non-hydrogen) atoms. The van der Waals surface area contributed by atoms with Gasteiger partial charge in [0.15, 0.2) is 11.6 Å². The van der Waals surface area contributed by atoms with E-state index in [-0.39, 0.29) is 10.9 Å². The topological polar surface area (TPSA) is 49.0 Å². The monoisotopic (exact) mass is 299 g/mol. The Bertz CT molecular complexity index is 726. The largest absolute Gasteiger partial charge is 0.309 e. The summed E-state index contributed by atoms with van der Waals surface area (Å²) in [4.78, 5) is 20.8. The Morgan fingerprint density at radius 2 is 2.05 bits per heavy atom. The van der Waals surface area contributed by atoms with Crippen LogP contribution in [0.15, 0.2) is 10.9 Å². The fraction of sp³-hybridized carbons (Fsp3) is 0.385. The first-order valence-electron chi connectivity index (χ1n) is 6.35. The molecule has 1 aromatic carbocycles. The highest BCUT2D eigenvalue weighted by Gasteiger charge is 2.18. The Kier molecular flexibility index (Phi) is 3.43. The van der Waals surface area contributed by atoms with Crippen molar-refractivity contribution in [2.75, 3.05) is 13.1 Å². The molecule has 0 aliphatic carbocycles. The third-order valence-corrected chi connectivity index (χ3v) is 3.80. The van der Waals surface area contributed by atoms with Crippen LogP contribution in [0.25, 0.3) is 10.9 Å². The summed E-state index contributed by atoms with van der Waals surface area (Å²) in [6.07, 6.45) is 2.22. The van der Waals surface area contributed by atoms with Crippen LogP contribution in [0.3, 0.4) is 0 Å². The van der Waals surface area contributed by atoms with E-state index in [1.807, 2.05) is 0 Å². The predicted octanol–water partition coefficient (Wildman–Crippen LogP) is 2.45. The van der Waals surface area contributed by atoms with E-state index >= 15 is 0 Å². The molecule has 0 saturated carbocycles. The van der Waals surface area contributed by atoms with Gasteiger partial charge in [0, 0.05) is 0 Å².